The summed E-state index contributed by atoms with van der Waals surface area (Å²) in [4.78, 5) is 4.83. The molecular weight excluding hydrogens is 328 g/mol. The molecule has 2 atom stereocenters. The van der Waals surface area contributed by atoms with Gasteiger partial charge in [0.05, 0.1) is 6.61 Å². The zero-order valence-corrected chi connectivity index (χ0v) is 17.3. The molecule has 1 aromatic heterocycles. The number of unbranched alkanes of at least 4 members (excludes halogenated alkanes) is 1. The molecule has 0 spiro atoms. The van der Waals surface area contributed by atoms with E-state index in [1.54, 1.807) is 13.4 Å². The van der Waals surface area contributed by atoms with E-state index in [9.17, 15) is 0 Å². The number of methoxy groups -OCH3 is 1. The van der Waals surface area contributed by atoms with Crippen LogP contribution in [0, 0.1) is 5.92 Å². The Bertz CT molecular complexity index is 502. The van der Waals surface area contributed by atoms with Crippen LogP contribution in [0.2, 0.25) is 0 Å². The van der Waals surface area contributed by atoms with E-state index >= 15 is 0 Å². The molecule has 1 rings (SSSR count). The van der Waals surface area contributed by atoms with Crippen molar-refractivity contribution in [1.29, 1.82) is 0 Å². The quantitative estimate of drug-likeness (QED) is 0.414. The number of aryl methyl sites for hydroxylation is 1. The topological polar surface area (TPSA) is 76.4 Å². The zero-order valence-electron chi connectivity index (χ0n) is 17.3. The summed E-state index contributed by atoms with van der Waals surface area (Å²) in [5.74, 6) is 2.52. The average Bonchev–Trinajstić information content (AvgIpc) is 3.09. The van der Waals surface area contributed by atoms with Crippen LogP contribution < -0.4 is 10.6 Å². The highest BCUT2D eigenvalue weighted by molar-refractivity contribution is 5.80. The number of aromatic nitrogens is 3. The molecule has 0 aliphatic carbocycles. The van der Waals surface area contributed by atoms with Crippen molar-refractivity contribution in [3.63, 3.8) is 0 Å². The van der Waals surface area contributed by atoms with Gasteiger partial charge in [0.1, 0.15) is 12.2 Å². The van der Waals surface area contributed by atoms with Crippen LogP contribution in [0.15, 0.2) is 11.3 Å². The summed E-state index contributed by atoms with van der Waals surface area (Å²) in [6.07, 6.45) is 7.61. The molecular formula is C19H38N6O. The molecule has 0 fully saturated rings. The lowest BCUT2D eigenvalue weighted by molar-refractivity contribution is 0.179. The molecule has 0 amide bonds. The van der Waals surface area contributed by atoms with Crippen molar-refractivity contribution < 1.29 is 4.74 Å². The summed E-state index contributed by atoms with van der Waals surface area (Å²) in [6.45, 7) is 11.8. The molecule has 0 saturated carbocycles. The van der Waals surface area contributed by atoms with Crippen molar-refractivity contribution in [3.8, 4) is 0 Å². The Hall–Kier alpha value is -1.63. The monoisotopic (exact) mass is 366 g/mol. The summed E-state index contributed by atoms with van der Waals surface area (Å²) in [5, 5.41) is 15.0. The van der Waals surface area contributed by atoms with E-state index < -0.39 is 0 Å². The molecule has 2 N–H and O–H groups in total. The molecule has 0 aliphatic heterocycles. The first-order valence-corrected chi connectivity index (χ1v) is 10.0. The van der Waals surface area contributed by atoms with E-state index in [4.69, 9.17) is 9.73 Å². The van der Waals surface area contributed by atoms with E-state index in [-0.39, 0.29) is 6.04 Å². The van der Waals surface area contributed by atoms with Crippen molar-refractivity contribution in [2.24, 2.45) is 10.9 Å². The predicted molar refractivity (Wildman–Crippen MR) is 107 cm³/mol. The molecule has 0 aromatic carbocycles. The molecule has 7 heteroatoms. The third kappa shape index (κ3) is 8.65. The number of nitrogens with zero attached hydrogens (tertiary/aromatic N) is 4. The standard InChI is InChI=1S/C19H38N6O/c1-6-9-10-17(7-2)13-21-19(23-16(4)14-26-5)20-11-12-25-15-22-24-18(25)8-3/h15-17H,6-14H2,1-5H3,(H2,20,21,23). The number of nitrogens with one attached hydrogen (secondary N) is 2. The van der Waals surface area contributed by atoms with Gasteiger partial charge in [-0.15, -0.1) is 10.2 Å². The van der Waals surface area contributed by atoms with E-state index in [1.807, 2.05) is 0 Å². The van der Waals surface area contributed by atoms with Gasteiger partial charge in [-0.05, 0) is 19.3 Å². The molecule has 0 bridgehead atoms. The number of hydrogen-bond acceptors (Lipinski definition) is 4. The summed E-state index contributed by atoms with van der Waals surface area (Å²) >= 11 is 0. The molecule has 0 saturated heterocycles. The van der Waals surface area contributed by atoms with Gasteiger partial charge in [-0.3, -0.25) is 4.99 Å². The molecule has 1 heterocycles. The Morgan fingerprint density at radius 3 is 2.81 bits per heavy atom. The maximum absolute atomic E-state index is 5.23. The molecule has 1 aromatic rings. The number of ether oxygens (including phenoxy) is 1. The van der Waals surface area contributed by atoms with Crippen LogP contribution in [0.1, 0.15) is 59.2 Å². The Balaban J connectivity index is 2.60. The first kappa shape index (κ1) is 22.4. The van der Waals surface area contributed by atoms with Crippen molar-refractivity contribution in [2.45, 2.75) is 72.4 Å². The van der Waals surface area contributed by atoms with Crippen LogP contribution in [0.5, 0.6) is 0 Å². The van der Waals surface area contributed by atoms with Gasteiger partial charge in [-0.1, -0.05) is 40.0 Å². The van der Waals surface area contributed by atoms with Gasteiger partial charge in [0.25, 0.3) is 0 Å². The van der Waals surface area contributed by atoms with Gasteiger partial charge < -0.3 is 19.9 Å². The SMILES string of the molecule is CCCCC(CC)CN=C(NCCn1cnnc1CC)NC(C)COC. The lowest BCUT2D eigenvalue weighted by Gasteiger charge is -2.19. The fourth-order valence-electron chi connectivity index (χ4n) is 2.85. The van der Waals surface area contributed by atoms with Crippen molar-refractivity contribution in [2.75, 3.05) is 26.8 Å². The second kappa shape index (κ2) is 13.6. The predicted octanol–water partition coefficient (Wildman–Crippen LogP) is 2.63. The zero-order chi connectivity index (χ0) is 19.2. The minimum absolute atomic E-state index is 0.211. The fourth-order valence-corrected chi connectivity index (χ4v) is 2.85. The lowest BCUT2D eigenvalue weighted by Crippen LogP contribution is -2.45. The molecule has 7 nitrogen and oxygen atoms in total. The maximum Gasteiger partial charge on any atom is 0.191 e. The Morgan fingerprint density at radius 2 is 2.15 bits per heavy atom. The van der Waals surface area contributed by atoms with Crippen LogP contribution in [-0.2, 0) is 17.7 Å². The highest BCUT2D eigenvalue weighted by Gasteiger charge is 2.09. The first-order chi connectivity index (χ1) is 12.6. The van der Waals surface area contributed by atoms with Gasteiger partial charge in [0, 0.05) is 39.2 Å². The van der Waals surface area contributed by atoms with Crippen LogP contribution in [0.3, 0.4) is 0 Å². The van der Waals surface area contributed by atoms with Gasteiger partial charge >= 0.3 is 0 Å². The Morgan fingerprint density at radius 1 is 1.35 bits per heavy atom. The van der Waals surface area contributed by atoms with E-state index in [2.05, 4.69) is 53.1 Å². The first-order valence-electron chi connectivity index (χ1n) is 10.0. The number of guanidine groups is 1. The van der Waals surface area contributed by atoms with Crippen LogP contribution in [0.25, 0.3) is 0 Å². The second-order valence-corrected chi connectivity index (χ2v) is 6.83. The minimum Gasteiger partial charge on any atom is -0.383 e. The maximum atomic E-state index is 5.23. The molecule has 0 radical (unpaired) electrons. The largest absolute Gasteiger partial charge is 0.383 e. The number of rotatable bonds is 13. The molecule has 0 aliphatic rings. The van der Waals surface area contributed by atoms with E-state index in [0.29, 0.717) is 12.5 Å². The fraction of sp³-hybridized carbons (Fsp3) is 0.842. The summed E-state index contributed by atoms with van der Waals surface area (Å²) < 4.78 is 7.31. The number of aliphatic imine (C=N–C) groups is 1. The minimum atomic E-state index is 0.211. The Labute approximate surface area is 159 Å². The van der Waals surface area contributed by atoms with Crippen molar-refractivity contribution in [3.05, 3.63) is 12.2 Å². The van der Waals surface area contributed by atoms with Gasteiger partial charge in [0.15, 0.2) is 5.96 Å². The smallest absolute Gasteiger partial charge is 0.191 e. The van der Waals surface area contributed by atoms with Gasteiger partial charge in [0.2, 0.25) is 0 Å². The number of hydrogen-bond donors (Lipinski definition) is 2. The Kier molecular flexibility index (Phi) is 11.7. The van der Waals surface area contributed by atoms with E-state index in [0.717, 1.165) is 37.8 Å². The highest BCUT2D eigenvalue weighted by atomic mass is 16.5. The normalized spacial score (nSPS) is 14.3. The van der Waals surface area contributed by atoms with Crippen molar-refractivity contribution in [1.82, 2.24) is 25.4 Å². The molecule has 2 unspecified atom stereocenters. The second-order valence-electron chi connectivity index (χ2n) is 6.83. The highest BCUT2D eigenvalue weighted by Crippen LogP contribution is 2.12. The molecule has 150 valence electrons. The van der Waals surface area contributed by atoms with Gasteiger partial charge in [-0.2, -0.15) is 0 Å². The van der Waals surface area contributed by atoms with Crippen LogP contribution >= 0.6 is 0 Å². The van der Waals surface area contributed by atoms with Crippen LogP contribution in [0.4, 0.5) is 0 Å². The summed E-state index contributed by atoms with van der Waals surface area (Å²) in [7, 11) is 1.72. The third-order valence-electron chi connectivity index (χ3n) is 4.51. The average molecular weight is 367 g/mol. The summed E-state index contributed by atoms with van der Waals surface area (Å²) in [5.41, 5.74) is 0. The lowest BCUT2D eigenvalue weighted by atomic mass is 10.00. The third-order valence-corrected chi connectivity index (χ3v) is 4.51. The van der Waals surface area contributed by atoms with Crippen molar-refractivity contribution >= 4 is 5.96 Å². The van der Waals surface area contributed by atoms with E-state index in [1.165, 1.54) is 25.7 Å². The van der Waals surface area contributed by atoms with Crippen LogP contribution in [-0.4, -0.2) is 53.6 Å². The van der Waals surface area contributed by atoms with Gasteiger partial charge in [-0.25, -0.2) is 0 Å². The summed E-state index contributed by atoms with van der Waals surface area (Å²) in [6, 6.07) is 0.211. The molecule has 26 heavy (non-hydrogen) atoms.